The highest BCUT2D eigenvalue weighted by molar-refractivity contribution is 5.92. The first-order chi connectivity index (χ1) is 7.88. The molecule has 0 fully saturated rings. The zero-order chi connectivity index (χ0) is 13.5. The first-order valence-electron chi connectivity index (χ1n) is 5.27. The minimum atomic E-state index is -1.93. The number of hydrogen-bond donors (Lipinski definition) is 3. The van der Waals surface area contributed by atoms with Gasteiger partial charge in [-0.05, 0) is 6.42 Å². The number of nitrogens with one attached hydrogen (secondary N) is 1. The predicted octanol–water partition coefficient (Wildman–Crippen LogP) is 0.777. The Morgan fingerprint density at radius 1 is 1.35 bits per heavy atom. The van der Waals surface area contributed by atoms with Gasteiger partial charge in [0.05, 0.1) is 6.42 Å². The molecule has 0 aromatic rings. The van der Waals surface area contributed by atoms with Crippen molar-refractivity contribution in [3.05, 3.63) is 12.7 Å². The van der Waals surface area contributed by atoms with Crippen LogP contribution in [-0.4, -0.2) is 33.6 Å². The minimum absolute atomic E-state index is 0.166. The quantitative estimate of drug-likeness (QED) is 0.546. The molecule has 0 aliphatic carbocycles. The molecule has 0 radical (unpaired) electrons. The number of rotatable bonds is 8. The molecule has 6 heteroatoms. The zero-order valence-corrected chi connectivity index (χ0v) is 9.73. The van der Waals surface area contributed by atoms with Crippen molar-refractivity contribution in [2.24, 2.45) is 0 Å². The highest BCUT2D eigenvalue weighted by Gasteiger charge is 2.39. The van der Waals surface area contributed by atoms with E-state index in [9.17, 15) is 14.4 Å². The normalized spacial score (nSPS) is 13.5. The Morgan fingerprint density at radius 3 is 2.29 bits per heavy atom. The maximum Gasteiger partial charge on any atom is 0.334 e. The number of amides is 1. The summed E-state index contributed by atoms with van der Waals surface area (Å²) in [5, 5.41) is 19.9. The topological polar surface area (TPSA) is 104 Å². The monoisotopic (exact) mass is 243 g/mol. The van der Waals surface area contributed by atoms with E-state index < -0.39 is 29.8 Å². The summed E-state index contributed by atoms with van der Waals surface area (Å²) < 4.78 is 0. The van der Waals surface area contributed by atoms with Crippen molar-refractivity contribution in [2.75, 3.05) is 0 Å². The Morgan fingerprint density at radius 2 is 1.94 bits per heavy atom. The Hall–Kier alpha value is -1.85. The fourth-order valence-electron chi connectivity index (χ4n) is 1.27. The summed E-state index contributed by atoms with van der Waals surface area (Å²) >= 11 is 0. The van der Waals surface area contributed by atoms with Crippen LogP contribution in [-0.2, 0) is 14.4 Å². The van der Waals surface area contributed by atoms with Gasteiger partial charge in [0.2, 0.25) is 5.91 Å². The lowest BCUT2D eigenvalue weighted by molar-refractivity contribution is -0.150. The van der Waals surface area contributed by atoms with Crippen molar-refractivity contribution in [1.29, 1.82) is 0 Å². The number of aliphatic carboxylic acids is 2. The molecule has 0 bridgehead atoms. The van der Waals surface area contributed by atoms with Crippen molar-refractivity contribution in [2.45, 2.75) is 38.1 Å². The lowest BCUT2D eigenvalue weighted by Gasteiger charge is -2.25. The number of carbonyl (C=O) groups is 3. The summed E-state index contributed by atoms with van der Waals surface area (Å²) in [6, 6.07) is 0. The van der Waals surface area contributed by atoms with Crippen LogP contribution in [0.5, 0.6) is 0 Å². The number of hydrogen-bond acceptors (Lipinski definition) is 3. The van der Waals surface area contributed by atoms with Crippen molar-refractivity contribution >= 4 is 17.8 Å². The SMILES string of the molecule is C=CC(CC(=O)O)(NC(=O)CCCC)C(=O)O. The van der Waals surface area contributed by atoms with Crippen LogP contribution in [0.1, 0.15) is 32.6 Å². The van der Waals surface area contributed by atoms with Crippen LogP contribution in [0.2, 0.25) is 0 Å². The lowest BCUT2D eigenvalue weighted by Crippen LogP contribution is -2.54. The fraction of sp³-hybridized carbons (Fsp3) is 0.545. The van der Waals surface area contributed by atoms with Crippen LogP contribution in [0.25, 0.3) is 0 Å². The molecule has 0 aliphatic rings. The minimum Gasteiger partial charge on any atom is -0.481 e. The predicted molar refractivity (Wildman–Crippen MR) is 60.5 cm³/mol. The molecule has 0 spiro atoms. The average molecular weight is 243 g/mol. The molecule has 0 rings (SSSR count). The molecule has 17 heavy (non-hydrogen) atoms. The average Bonchev–Trinajstić information content (AvgIpc) is 2.24. The summed E-state index contributed by atoms with van der Waals surface area (Å²) in [7, 11) is 0. The Kier molecular flexibility index (Phi) is 5.95. The van der Waals surface area contributed by atoms with Gasteiger partial charge in [0.15, 0.2) is 5.54 Å². The van der Waals surface area contributed by atoms with Crippen LogP contribution in [0, 0.1) is 0 Å². The second-order valence-electron chi connectivity index (χ2n) is 3.70. The van der Waals surface area contributed by atoms with Crippen molar-refractivity contribution < 1.29 is 24.6 Å². The molecule has 0 aliphatic heterocycles. The third-order valence-electron chi connectivity index (χ3n) is 2.28. The third-order valence-corrected chi connectivity index (χ3v) is 2.28. The highest BCUT2D eigenvalue weighted by atomic mass is 16.4. The second kappa shape index (κ2) is 6.67. The van der Waals surface area contributed by atoms with Crippen molar-refractivity contribution in [3.63, 3.8) is 0 Å². The molecular weight excluding hydrogens is 226 g/mol. The second-order valence-corrected chi connectivity index (χ2v) is 3.70. The molecule has 1 unspecified atom stereocenters. The van der Waals surface area contributed by atoms with E-state index in [1.165, 1.54) is 0 Å². The highest BCUT2D eigenvalue weighted by Crippen LogP contribution is 2.13. The van der Waals surface area contributed by atoms with Gasteiger partial charge < -0.3 is 15.5 Å². The molecule has 1 atom stereocenters. The van der Waals surface area contributed by atoms with Crippen LogP contribution in [0.4, 0.5) is 0 Å². The molecule has 0 aromatic heterocycles. The van der Waals surface area contributed by atoms with Gasteiger partial charge >= 0.3 is 11.9 Å². The van der Waals surface area contributed by atoms with Crippen LogP contribution < -0.4 is 5.32 Å². The zero-order valence-electron chi connectivity index (χ0n) is 9.73. The van der Waals surface area contributed by atoms with E-state index in [0.717, 1.165) is 12.5 Å². The number of carboxylic acid groups (broad SMARTS) is 2. The van der Waals surface area contributed by atoms with Crippen LogP contribution in [0.15, 0.2) is 12.7 Å². The van der Waals surface area contributed by atoms with Gasteiger partial charge in [0.1, 0.15) is 0 Å². The van der Waals surface area contributed by atoms with E-state index in [4.69, 9.17) is 10.2 Å². The van der Waals surface area contributed by atoms with Gasteiger partial charge in [0, 0.05) is 6.42 Å². The summed E-state index contributed by atoms with van der Waals surface area (Å²) in [5.41, 5.74) is -1.93. The van der Waals surface area contributed by atoms with E-state index in [-0.39, 0.29) is 6.42 Å². The molecule has 0 saturated heterocycles. The number of unbranched alkanes of at least 4 members (excludes halogenated alkanes) is 1. The standard InChI is InChI=1S/C11H17NO5/c1-3-5-6-8(13)12-11(4-2,10(16)17)7-9(14)15/h4H,2-3,5-7H2,1H3,(H,12,13)(H,14,15)(H,16,17). The van der Waals surface area contributed by atoms with Gasteiger partial charge in [-0.1, -0.05) is 19.4 Å². The van der Waals surface area contributed by atoms with E-state index in [1.54, 1.807) is 0 Å². The molecule has 0 aromatic carbocycles. The van der Waals surface area contributed by atoms with Gasteiger partial charge in [-0.15, -0.1) is 6.58 Å². The van der Waals surface area contributed by atoms with E-state index in [1.807, 2.05) is 6.92 Å². The van der Waals surface area contributed by atoms with Gasteiger partial charge in [-0.25, -0.2) is 4.79 Å². The molecule has 3 N–H and O–H groups in total. The van der Waals surface area contributed by atoms with Crippen molar-refractivity contribution in [1.82, 2.24) is 5.32 Å². The Bertz CT molecular complexity index is 326. The first kappa shape index (κ1) is 15.2. The van der Waals surface area contributed by atoms with Gasteiger partial charge in [-0.2, -0.15) is 0 Å². The van der Waals surface area contributed by atoms with E-state index >= 15 is 0 Å². The van der Waals surface area contributed by atoms with Gasteiger partial charge in [0.25, 0.3) is 0 Å². The van der Waals surface area contributed by atoms with Crippen LogP contribution in [0.3, 0.4) is 0 Å². The first-order valence-corrected chi connectivity index (χ1v) is 5.27. The molecule has 1 amide bonds. The van der Waals surface area contributed by atoms with E-state index in [2.05, 4.69) is 11.9 Å². The van der Waals surface area contributed by atoms with E-state index in [0.29, 0.717) is 6.42 Å². The molecular formula is C11H17NO5. The van der Waals surface area contributed by atoms with Crippen molar-refractivity contribution in [3.8, 4) is 0 Å². The largest absolute Gasteiger partial charge is 0.481 e. The summed E-state index contributed by atoms with van der Waals surface area (Å²) in [4.78, 5) is 33.1. The summed E-state index contributed by atoms with van der Waals surface area (Å²) in [5.74, 6) is -3.24. The maximum absolute atomic E-state index is 11.4. The smallest absolute Gasteiger partial charge is 0.334 e. The maximum atomic E-state index is 11.4. The molecule has 0 saturated carbocycles. The number of carboxylic acids is 2. The molecule has 96 valence electrons. The lowest BCUT2D eigenvalue weighted by atomic mass is 9.95. The molecule has 0 heterocycles. The number of carbonyl (C=O) groups excluding carboxylic acids is 1. The molecule has 6 nitrogen and oxygen atoms in total. The third kappa shape index (κ3) is 4.67. The van der Waals surface area contributed by atoms with Gasteiger partial charge in [-0.3, -0.25) is 9.59 Å². The van der Waals surface area contributed by atoms with Crippen LogP contribution >= 0.6 is 0 Å². The summed E-state index contributed by atoms with van der Waals surface area (Å²) in [6.45, 7) is 5.17. The summed E-state index contributed by atoms with van der Waals surface area (Å²) in [6.07, 6.45) is 1.78. The Balaban J connectivity index is 4.80. The fourth-order valence-corrected chi connectivity index (χ4v) is 1.27. The Labute approximate surface area is 99.3 Å².